The Hall–Kier alpha value is -0.0700. The first-order valence-corrected chi connectivity index (χ1v) is 8.41. The van der Waals surface area contributed by atoms with Gasteiger partial charge in [0, 0.05) is 19.1 Å². The highest BCUT2D eigenvalue weighted by Gasteiger charge is 2.31. The fourth-order valence-corrected chi connectivity index (χ4v) is 3.68. The van der Waals surface area contributed by atoms with Crippen LogP contribution in [0.3, 0.4) is 0 Å². The number of nitrogens with two attached hydrogens (primary N) is 1. The molecule has 1 saturated heterocycles. The van der Waals surface area contributed by atoms with Gasteiger partial charge >= 0.3 is 0 Å². The summed E-state index contributed by atoms with van der Waals surface area (Å²) in [7, 11) is 4.23. The Kier molecular flexibility index (Phi) is 11.4. The second-order valence-electron chi connectivity index (χ2n) is 6.73. The van der Waals surface area contributed by atoms with Crippen LogP contribution in [0.4, 0.5) is 0 Å². The molecule has 1 amide bonds. The zero-order valence-corrected chi connectivity index (χ0v) is 16.0. The lowest BCUT2D eigenvalue weighted by Gasteiger charge is -2.35. The highest BCUT2D eigenvalue weighted by molar-refractivity contribution is 5.85. The van der Waals surface area contributed by atoms with Crippen LogP contribution < -0.4 is 11.1 Å². The van der Waals surface area contributed by atoms with Crippen LogP contribution in [-0.2, 0) is 9.53 Å². The van der Waals surface area contributed by atoms with E-state index in [4.69, 9.17) is 10.5 Å². The van der Waals surface area contributed by atoms with Crippen LogP contribution in [0, 0.1) is 5.92 Å². The van der Waals surface area contributed by atoms with Crippen LogP contribution in [0.5, 0.6) is 0 Å². The molecule has 0 aromatic carbocycles. The molecule has 0 aromatic rings. The molecule has 1 unspecified atom stereocenters. The summed E-state index contributed by atoms with van der Waals surface area (Å²) in [4.78, 5) is 14.5. The quantitative estimate of drug-likeness (QED) is 0.750. The van der Waals surface area contributed by atoms with Gasteiger partial charge in [0.05, 0.1) is 6.10 Å². The van der Waals surface area contributed by atoms with E-state index in [0.717, 1.165) is 19.4 Å². The van der Waals surface area contributed by atoms with Crippen LogP contribution in [0.1, 0.15) is 44.9 Å². The van der Waals surface area contributed by atoms with E-state index in [1.807, 2.05) is 0 Å². The second-order valence-corrected chi connectivity index (χ2v) is 6.73. The molecule has 3 N–H and O–H groups in total. The zero-order chi connectivity index (χ0) is 15.2. The predicted octanol–water partition coefficient (Wildman–Crippen LogP) is 1.96. The summed E-state index contributed by atoms with van der Waals surface area (Å²) in [5.74, 6) is 0.740. The van der Waals surface area contributed by atoms with E-state index in [1.54, 1.807) is 0 Å². The first-order valence-electron chi connectivity index (χ1n) is 8.41. The number of ether oxygens (including phenoxy) is 1. The SMILES string of the molecule is CN(C)C(CNC(=O)[C@@H]1CC[C@H](CN)O1)C1CCCCC1.Cl.Cl. The van der Waals surface area contributed by atoms with Gasteiger partial charge in [-0.15, -0.1) is 24.8 Å². The van der Waals surface area contributed by atoms with Gasteiger partial charge in [-0.25, -0.2) is 0 Å². The van der Waals surface area contributed by atoms with Crippen molar-refractivity contribution < 1.29 is 9.53 Å². The van der Waals surface area contributed by atoms with Crippen molar-refractivity contribution in [2.45, 2.75) is 63.2 Å². The molecule has 138 valence electrons. The lowest BCUT2D eigenvalue weighted by Crippen LogP contribution is -2.47. The van der Waals surface area contributed by atoms with E-state index in [-0.39, 0.29) is 42.9 Å². The highest BCUT2D eigenvalue weighted by atomic mass is 35.5. The molecule has 2 rings (SSSR count). The highest BCUT2D eigenvalue weighted by Crippen LogP contribution is 2.28. The van der Waals surface area contributed by atoms with Gasteiger partial charge in [-0.05, 0) is 45.7 Å². The Labute approximate surface area is 152 Å². The van der Waals surface area contributed by atoms with Gasteiger partial charge in [0.15, 0.2) is 0 Å². The molecule has 23 heavy (non-hydrogen) atoms. The number of rotatable bonds is 6. The summed E-state index contributed by atoms with van der Waals surface area (Å²) in [5, 5.41) is 3.10. The van der Waals surface area contributed by atoms with Crippen molar-refractivity contribution in [2.24, 2.45) is 11.7 Å². The van der Waals surface area contributed by atoms with E-state index in [2.05, 4.69) is 24.3 Å². The van der Waals surface area contributed by atoms with E-state index in [0.29, 0.717) is 18.5 Å². The van der Waals surface area contributed by atoms with Gasteiger partial charge in [-0.2, -0.15) is 0 Å². The second kappa shape index (κ2) is 11.5. The third-order valence-electron chi connectivity index (χ3n) is 5.01. The van der Waals surface area contributed by atoms with E-state index < -0.39 is 0 Å². The Morgan fingerprint density at radius 1 is 1.17 bits per heavy atom. The van der Waals surface area contributed by atoms with Crippen molar-refractivity contribution in [1.82, 2.24) is 10.2 Å². The molecule has 1 aliphatic carbocycles. The van der Waals surface area contributed by atoms with Gasteiger partial charge < -0.3 is 20.7 Å². The molecular weight excluding hydrogens is 337 g/mol. The van der Waals surface area contributed by atoms with Gasteiger partial charge in [0.2, 0.25) is 5.91 Å². The van der Waals surface area contributed by atoms with Crippen molar-refractivity contribution in [3.63, 3.8) is 0 Å². The van der Waals surface area contributed by atoms with E-state index in [1.165, 1.54) is 32.1 Å². The lowest BCUT2D eigenvalue weighted by molar-refractivity contribution is -0.132. The molecule has 0 spiro atoms. The topological polar surface area (TPSA) is 67.6 Å². The average Bonchev–Trinajstić information content (AvgIpc) is 2.97. The van der Waals surface area contributed by atoms with E-state index in [9.17, 15) is 4.79 Å². The number of halogens is 2. The summed E-state index contributed by atoms with van der Waals surface area (Å²) < 4.78 is 5.66. The number of likely N-dealkylation sites (N-methyl/N-ethyl adjacent to an activating group) is 1. The molecule has 7 heteroatoms. The molecular formula is C16H33Cl2N3O2. The zero-order valence-electron chi connectivity index (χ0n) is 14.3. The fraction of sp³-hybridized carbons (Fsp3) is 0.938. The van der Waals surface area contributed by atoms with Crippen molar-refractivity contribution in [2.75, 3.05) is 27.2 Å². The molecule has 1 saturated carbocycles. The smallest absolute Gasteiger partial charge is 0.249 e. The van der Waals surface area contributed by atoms with Crippen LogP contribution in [0.25, 0.3) is 0 Å². The first-order chi connectivity index (χ1) is 10.1. The maximum absolute atomic E-state index is 12.2. The fourth-order valence-electron chi connectivity index (χ4n) is 3.68. The van der Waals surface area contributed by atoms with Gasteiger partial charge in [-0.1, -0.05) is 19.3 Å². The van der Waals surface area contributed by atoms with Gasteiger partial charge in [-0.3, -0.25) is 4.79 Å². The summed E-state index contributed by atoms with van der Waals surface area (Å²) >= 11 is 0. The predicted molar refractivity (Wildman–Crippen MR) is 98.5 cm³/mol. The van der Waals surface area contributed by atoms with Crippen LogP contribution in [0.2, 0.25) is 0 Å². The standard InChI is InChI=1S/C16H31N3O2.2ClH/c1-19(2)14(12-6-4-3-5-7-12)11-18-16(20)15-9-8-13(10-17)21-15;;/h12-15H,3-11,17H2,1-2H3,(H,18,20);2*1H/t13-,14?,15+;;/m1../s1. The molecule has 0 radical (unpaired) electrons. The number of hydrogen-bond donors (Lipinski definition) is 2. The largest absolute Gasteiger partial charge is 0.364 e. The van der Waals surface area contributed by atoms with E-state index >= 15 is 0 Å². The number of nitrogens with zero attached hydrogens (tertiary/aromatic N) is 1. The molecule has 3 atom stereocenters. The number of hydrogen-bond acceptors (Lipinski definition) is 4. The summed E-state index contributed by atoms with van der Waals surface area (Å²) in [6, 6.07) is 0.431. The van der Waals surface area contributed by atoms with Gasteiger partial charge in [0.25, 0.3) is 0 Å². The Bertz CT molecular complexity index is 339. The first kappa shape index (κ1) is 22.9. The van der Waals surface area contributed by atoms with Crippen molar-refractivity contribution >= 4 is 30.7 Å². The molecule has 1 aliphatic heterocycles. The Morgan fingerprint density at radius 2 is 1.83 bits per heavy atom. The van der Waals surface area contributed by atoms with Crippen LogP contribution >= 0.6 is 24.8 Å². The minimum absolute atomic E-state index is 0. The minimum Gasteiger partial charge on any atom is -0.364 e. The molecule has 5 nitrogen and oxygen atoms in total. The minimum atomic E-state index is -0.298. The molecule has 2 fully saturated rings. The maximum atomic E-state index is 12.2. The van der Waals surface area contributed by atoms with Gasteiger partial charge in [0.1, 0.15) is 6.10 Å². The number of carbonyl (C=O) groups excluding carboxylic acids is 1. The van der Waals surface area contributed by atoms with Crippen molar-refractivity contribution in [3.05, 3.63) is 0 Å². The Balaban J connectivity index is 0.00000242. The van der Waals surface area contributed by atoms with Crippen molar-refractivity contribution in [3.8, 4) is 0 Å². The number of nitrogens with one attached hydrogen (secondary N) is 1. The normalized spacial score (nSPS) is 26.3. The lowest BCUT2D eigenvalue weighted by atomic mass is 9.83. The average molecular weight is 370 g/mol. The molecule has 2 aliphatic rings. The van der Waals surface area contributed by atoms with Crippen LogP contribution in [0.15, 0.2) is 0 Å². The summed E-state index contributed by atoms with van der Waals surface area (Å²) in [6.07, 6.45) is 8.04. The molecule has 1 heterocycles. The number of carbonyl (C=O) groups is 1. The summed E-state index contributed by atoms with van der Waals surface area (Å²) in [5.41, 5.74) is 5.59. The molecule has 0 aromatic heterocycles. The third kappa shape index (κ3) is 6.75. The summed E-state index contributed by atoms with van der Waals surface area (Å²) in [6.45, 7) is 1.23. The van der Waals surface area contributed by atoms with Crippen molar-refractivity contribution in [1.29, 1.82) is 0 Å². The monoisotopic (exact) mass is 369 g/mol. The van der Waals surface area contributed by atoms with Crippen LogP contribution in [-0.4, -0.2) is 56.2 Å². The molecule has 0 bridgehead atoms. The third-order valence-corrected chi connectivity index (χ3v) is 5.01. The Morgan fingerprint density at radius 3 is 2.35 bits per heavy atom. The number of amides is 1. The maximum Gasteiger partial charge on any atom is 0.249 e.